The van der Waals surface area contributed by atoms with Crippen LogP contribution in [0.4, 0.5) is 0 Å². The van der Waals surface area contributed by atoms with E-state index in [0.29, 0.717) is 23.7 Å². The molecule has 0 radical (unpaired) electrons. The van der Waals surface area contributed by atoms with E-state index in [9.17, 15) is 4.79 Å². The third kappa shape index (κ3) is 2.72. The molecule has 0 atom stereocenters. The SMILES string of the molecule is COc1cc(/C=C2/CCCC2=O)cc(OC)c1OC. The normalized spacial score (nSPS) is 16.8. The summed E-state index contributed by atoms with van der Waals surface area (Å²) in [4.78, 5) is 11.7. The molecule has 1 aromatic rings. The Morgan fingerprint density at radius 2 is 1.63 bits per heavy atom. The zero-order chi connectivity index (χ0) is 13.8. The molecule has 4 nitrogen and oxygen atoms in total. The first kappa shape index (κ1) is 13.5. The molecule has 0 amide bonds. The van der Waals surface area contributed by atoms with E-state index in [-0.39, 0.29) is 5.78 Å². The van der Waals surface area contributed by atoms with Crippen molar-refractivity contribution < 1.29 is 19.0 Å². The van der Waals surface area contributed by atoms with Crippen LogP contribution in [0, 0.1) is 0 Å². The van der Waals surface area contributed by atoms with Gasteiger partial charge in [-0.2, -0.15) is 0 Å². The van der Waals surface area contributed by atoms with Crippen LogP contribution in [0.3, 0.4) is 0 Å². The van der Waals surface area contributed by atoms with Gasteiger partial charge in [-0.15, -0.1) is 0 Å². The molecule has 1 aliphatic carbocycles. The standard InChI is InChI=1S/C15H18O4/c1-17-13-8-10(7-11-5-4-6-12(11)16)9-14(18-2)15(13)19-3/h7-9H,4-6H2,1-3H3/b11-7-. The lowest BCUT2D eigenvalue weighted by molar-refractivity contribution is -0.114. The number of rotatable bonds is 4. The van der Waals surface area contributed by atoms with Gasteiger partial charge in [-0.25, -0.2) is 0 Å². The van der Waals surface area contributed by atoms with Gasteiger partial charge in [-0.05, 0) is 42.2 Å². The molecule has 1 fully saturated rings. The van der Waals surface area contributed by atoms with Gasteiger partial charge >= 0.3 is 0 Å². The molecule has 19 heavy (non-hydrogen) atoms. The van der Waals surface area contributed by atoms with Crippen molar-refractivity contribution in [2.75, 3.05) is 21.3 Å². The van der Waals surface area contributed by atoms with Crippen LogP contribution in [0.1, 0.15) is 24.8 Å². The molecule has 2 rings (SSSR count). The van der Waals surface area contributed by atoms with Crippen LogP contribution in [0.15, 0.2) is 17.7 Å². The van der Waals surface area contributed by atoms with Crippen molar-refractivity contribution in [1.29, 1.82) is 0 Å². The third-order valence-electron chi connectivity index (χ3n) is 3.24. The minimum atomic E-state index is 0.230. The smallest absolute Gasteiger partial charge is 0.203 e. The fourth-order valence-electron chi connectivity index (χ4n) is 2.28. The summed E-state index contributed by atoms with van der Waals surface area (Å²) in [5, 5.41) is 0. The molecule has 0 N–H and O–H groups in total. The first-order chi connectivity index (χ1) is 9.19. The molecule has 0 unspecified atom stereocenters. The number of ether oxygens (including phenoxy) is 3. The predicted molar refractivity (Wildman–Crippen MR) is 72.9 cm³/mol. The zero-order valence-corrected chi connectivity index (χ0v) is 11.5. The number of allylic oxidation sites excluding steroid dienone is 1. The monoisotopic (exact) mass is 262 g/mol. The lowest BCUT2D eigenvalue weighted by Crippen LogP contribution is -1.96. The Balaban J connectivity index is 2.44. The molecule has 1 aliphatic rings. The number of benzene rings is 1. The van der Waals surface area contributed by atoms with Gasteiger partial charge in [0, 0.05) is 6.42 Å². The van der Waals surface area contributed by atoms with Crippen LogP contribution >= 0.6 is 0 Å². The molecule has 1 saturated carbocycles. The number of ketones is 1. The van der Waals surface area contributed by atoms with Gasteiger partial charge in [0.15, 0.2) is 17.3 Å². The summed E-state index contributed by atoms with van der Waals surface area (Å²) < 4.78 is 15.8. The summed E-state index contributed by atoms with van der Waals surface area (Å²) in [5.74, 6) is 1.98. The van der Waals surface area contributed by atoms with E-state index in [4.69, 9.17) is 14.2 Å². The summed E-state index contributed by atoms with van der Waals surface area (Å²) in [5.41, 5.74) is 1.76. The van der Waals surface area contributed by atoms with Gasteiger partial charge in [-0.1, -0.05) is 0 Å². The molecule has 0 saturated heterocycles. The van der Waals surface area contributed by atoms with E-state index < -0.39 is 0 Å². The Morgan fingerprint density at radius 1 is 1.00 bits per heavy atom. The van der Waals surface area contributed by atoms with Gasteiger partial charge in [0.1, 0.15) is 0 Å². The van der Waals surface area contributed by atoms with Crippen molar-refractivity contribution in [2.45, 2.75) is 19.3 Å². The van der Waals surface area contributed by atoms with Crippen LogP contribution in [0.25, 0.3) is 6.08 Å². The fraction of sp³-hybridized carbons (Fsp3) is 0.400. The lowest BCUT2D eigenvalue weighted by atomic mass is 10.1. The van der Waals surface area contributed by atoms with Crippen molar-refractivity contribution in [1.82, 2.24) is 0 Å². The van der Waals surface area contributed by atoms with E-state index in [2.05, 4.69) is 0 Å². The molecule has 0 aromatic heterocycles. The highest BCUT2D eigenvalue weighted by molar-refractivity contribution is 6.01. The number of hydrogen-bond acceptors (Lipinski definition) is 4. The number of hydrogen-bond donors (Lipinski definition) is 0. The van der Waals surface area contributed by atoms with Gasteiger partial charge in [0.25, 0.3) is 0 Å². The second-order valence-electron chi connectivity index (χ2n) is 4.40. The maximum absolute atomic E-state index is 11.7. The number of methoxy groups -OCH3 is 3. The Kier molecular flexibility index (Phi) is 4.10. The molecule has 0 heterocycles. The average molecular weight is 262 g/mol. The number of Topliss-reactive ketones (excluding diaryl/α,β-unsaturated/α-hetero) is 1. The third-order valence-corrected chi connectivity index (χ3v) is 3.24. The van der Waals surface area contributed by atoms with Gasteiger partial charge < -0.3 is 14.2 Å². The fourth-order valence-corrected chi connectivity index (χ4v) is 2.28. The predicted octanol–water partition coefficient (Wildman–Crippen LogP) is 2.85. The Bertz CT molecular complexity index is 492. The van der Waals surface area contributed by atoms with E-state index >= 15 is 0 Å². The van der Waals surface area contributed by atoms with Crippen molar-refractivity contribution in [3.63, 3.8) is 0 Å². The largest absolute Gasteiger partial charge is 0.493 e. The van der Waals surface area contributed by atoms with Crippen molar-refractivity contribution in [3.8, 4) is 17.2 Å². The second kappa shape index (κ2) is 5.78. The van der Waals surface area contributed by atoms with E-state index in [1.165, 1.54) is 0 Å². The van der Waals surface area contributed by atoms with Crippen molar-refractivity contribution >= 4 is 11.9 Å². The topological polar surface area (TPSA) is 44.8 Å². The van der Waals surface area contributed by atoms with Crippen molar-refractivity contribution in [2.24, 2.45) is 0 Å². The van der Waals surface area contributed by atoms with Crippen molar-refractivity contribution in [3.05, 3.63) is 23.3 Å². The highest BCUT2D eigenvalue weighted by atomic mass is 16.5. The highest BCUT2D eigenvalue weighted by Gasteiger charge is 2.18. The molecule has 4 heteroatoms. The van der Waals surface area contributed by atoms with E-state index in [1.54, 1.807) is 21.3 Å². The summed E-state index contributed by atoms with van der Waals surface area (Å²) in [6.07, 6.45) is 4.33. The summed E-state index contributed by atoms with van der Waals surface area (Å²) in [7, 11) is 4.73. The van der Waals surface area contributed by atoms with Crippen LogP contribution in [-0.2, 0) is 4.79 Å². The lowest BCUT2D eigenvalue weighted by Gasteiger charge is -2.13. The average Bonchev–Trinajstić information content (AvgIpc) is 2.83. The molecule has 0 aliphatic heterocycles. The molecule has 0 bridgehead atoms. The number of carbonyl (C=O) groups excluding carboxylic acids is 1. The highest BCUT2D eigenvalue weighted by Crippen LogP contribution is 2.39. The Labute approximate surface area is 113 Å². The maximum Gasteiger partial charge on any atom is 0.203 e. The molecular weight excluding hydrogens is 244 g/mol. The quantitative estimate of drug-likeness (QED) is 0.783. The summed E-state index contributed by atoms with van der Waals surface area (Å²) in [6, 6.07) is 3.69. The molecule has 102 valence electrons. The van der Waals surface area contributed by atoms with Crippen LogP contribution < -0.4 is 14.2 Å². The second-order valence-corrected chi connectivity index (χ2v) is 4.40. The van der Waals surface area contributed by atoms with Gasteiger partial charge in [0.2, 0.25) is 5.75 Å². The minimum Gasteiger partial charge on any atom is -0.493 e. The Morgan fingerprint density at radius 3 is 2.05 bits per heavy atom. The minimum absolute atomic E-state index is 0.230. The van der Waals surface area contributed by atoms with E-state index in [1.807, 2.05) is 18.2 Å². The molecule has 0 spiro atoms. The molecule has 1 aromatic carbocycles. The number of carbonyl (C=O) groups is 1. The summed E-state index contributed by atoms with van der Waals surface area (Å²) >= 11 is 0. The van der Waals surface area contributed by atoms with Gasteiger partial charge in [0.05, 0.1) is 21.3 Å². The first-order valence-corrected chi connectivity index (χ1v) is 6.23. The van der Waals surface area contributed by atoms with E-state index in [0.717, 1.165) is 24.0 Å². The van der Waals surface area contributed by atoms with Crippen LogP contribution in [0.5, 0.6) is 17.2 Å². The summed E-state index contributed by atoms with van der Waals surface area (Å²) in [6.45, 7) is 0. The maximum atomic E-state index is 11.7. The Hall–Kier alpha value is -1.97. The first-order valence-electron chi connectivity index (χ1n) is 6.23. The molecular formula is C15H18O4. The van der Waals surface area contributed by atoms with Gasteiger partial charge in [-0.3, -0.25) is 4.79 Å². The van der Waals surface area contributed by atoms with Crippen LogP contribution in [0.2, 0.25) is 0 Å². The van der Waals surface area contributed by atoms with Crippen LogP contribution in [-0.4, -0.2) is 27.1 Å². The zero-order valence-electron chi connectivity index (χ0n) is 11.5.